The van der Waals surface area contributed by atoms with Crippen LogP contribution in [0.25, 0.3) is 0 Å². The summed E-state index contributed by atoms with van der Waals surface area (Å²) in [7, 11) is -0.745. The number of hydrogen-bond acceptors (Lipinski definition) is 4. The summed E-state index contributed by atoms with van der Waals surface area (Å²) in [5, 5.41) is 21.5. The third kappa shape index (κ3) is 4.20. The normalized spacial score (nSPS) is 12.6. The number of rotatable bonds is 6. The predicted molar refractivity (Wildman–Crippen MR) is 65.0 cm³/mol. The van der Waals surface area contributed by atoms with Gasteiger partial charge in [-0.2, -0.15) is 0 Å². The molecule has 90 valence electrons. The number of phenols is 2. The zero-order chi connectivity index (χ0) is 12.0. The van der Waals surface area contributed by atoms with Crippen LogP contribution in [0.15, 0.2) is 18.2 Å². The zero-order valence-electron chi connectivity index (χ0n) is 9.27. The van der Waals surface area contributed by atoms with E-state index in [0.29, 0.717) is 24.6 Å². The molecule has 0 amide bonds. The summed E-state index contributed by atoms with van der Waals surface area (Å²) in [6.45, 7) is 3.17. The minimum absolute atomic E-state index is 0.114. The van der Waals surface area contributed by atoms with Gasteiger partial charge in [0.1, 0.15) is 0 Å². The van der Waals surface area contributed by atoms with Crippen LogP contribution < -0.4 is 5.32 Å². The maximum atomic E-state index is 11.1. The Morgan fingerprint density at radius 3 is 2.69 bits per heavy atom. The fourth-order valence-electron chi connectivity index (χ4n) is 1.24. The molecule has 0 fully saturated rings. The highest BCUT2D eigenvalue weighted by Crippen LogP contribution is 2.24. The second-order valence-electron chi connectivity index (χ2n) is 3.43. The second kappa shape index (κ2) is 6.50. The lowest BCUT2D eigenvalue weighted by atomic mass is 10.2. The molecule has 3 N–H and O–H groups in total. The lowest BCUT2D eigenvalue weighted by molar-refractivity contribution is 0.403. The molecule has 1 aromatic carbocycles. The summed E-state index contributed by atoms with van der Waals surface area (Å²) < 4.78 is 11.1. The van der Waals surface area contributed by atoms with Crippen LogP contribution in [-0.2, 0) is 17.3 Å². The van der Waals surface area contributed by atoms with Gasteiger partial charge in [-0.05, 0) is 17.7 Å². The van der Waals surface area contributed by atoms with Gasteiger partial charge in [0.15, 0.2) is 11.5 Å². The van der Waals surface area contributed by atoms with Gasteiger partial charge in [0.25, 0.3) is 0 Å². The van der Waals surface area contributed by atoms with Crippen LogP contribution in [0.5, 0.6) is 11.5 Å². The molecule has 0 radical (unpaired) electrons. The summed E-state index contributed by atoms with van der Waals surface area (Å²) in [6.07, 6.45) is 0. The molecule has 0 aromatic heterocycles. The highest BCUT2D eigenvalue weighted by molar-refractivity contribution is 7.84. The molecule has 1 atom stereocenters. The third-order valence-corrected chi connectivity index (χ3v) is 3.50. The van der Waals surface area contributed by atoms with Crippen LogP contribution in [0.1, 0.15) is 12.5 Å². The maximum absolute atomic E-state index is 11.1. The van der Waals surface area contributed by atoms with E-state index in [1.807, 2.05) is 6.92 Å². The average molecular weight is 243 g/mol. The minimum atomic E-state index is -0.745. The summed E-state index contributed by atoms with van der Waals surface area (Å²) in [5.41, 5.74) is 0.887. The first kappa shape index (κ1) is 13.0. The van der Waals surface area contributed by atoms with Crippen LogP contribution in [0.2, 0.25) is 0 Å². The van der Waals surface area contributed by atoms with E-state index in [-0.39, 0.29) is 11.5 Å². The van der Waals surface area contributed by atoms with Crippen LogP contribution in [0.3, 0.4) is 0 Å². The predicted octanol–water partition coefficient (Wildman–Crippen LogP) is 0.956. The molecule has 0 saturated heterocycles. The second-order valence-corrected chi connectivity index (χ2v) is 5.30. The highest BCUT2D eigenvalue weighted by Gasteiger charge is 2.00. The van der Waals surface area contributed by atoms with E-state index in [2.05, 4.69) is 5.32 Å². The standard InChI is InChI=1S/C11H17NO3S/c1-2-16(15)6-5-12-8-9-3-4-10(13)11(14)7-9/h3-4,7,12-14H,2,5-6,8H2,1H3. The summed E-state index contributed by atoms with van der Waals surface area (Å²) >= 11 is 0. The zero-order valence-corrected chi connectivity index (χ0v) is 10.1. The van der Waals surface area contributed by atoms with Gasteiger partial charge in [-0.15, -0.1) is 0 Å². The first-order chi connectivity index (χ1) is 7.63. The van der Waals surface area contributed by atoms with Crippen molar-refractivity contribution in [3.63, 3.8) is 0 Å². The third-order valence-electron chi connectivity index (χ3n) is 2.20. The molecule has 0 heterocycles. The Morgan fingerprint density at radius 1 is 1.31 bits per heavy atom. The Morgan fingerprint density at radius 2 is 2.06 bits per heavy atom. The molecular formula is C11H17NO3S. The van der Waals surface area contributed by atoms with Crippen molar-refractivity contribution < 1.29 is 14.4 Å². The Labute approximate surface area is 97.8 Å². The summed E-state index contributed by atoms with van der Waals surface area (Å²) in [5.74, 6) is 1.09. The van der Waals surface area contributed by atoms with E-state index in [1.54, 1.807) is 6.07 Å². The van der Waals surface area contributed by atoms with Gasteiger partial charge in [-0.1, -0.05) is 13.0 Å². The first-order valence-electron chi connectivity index (χ1n) is 5.20. The van der Waals surface area contributed by atoms with Crippen LogP contribution in [0, 0.1) is 0 Å². The van der Waals surface area contributed by atoms with Crippen molar-refractivity contribution in [1.82, 2.24) is 5.32 Å². The Kier molecular flexibility index (Phi) is 5.28. The monoisotopic (exact) mass is 243 g/mol. The summed E-state index contributed by atoms with van der Waals surface area (Å²) in [6, 6.07) is 4.70. The number of nitrogens with one attached hydrogen (secondary N) is 1. The van der Waals surface area contributed by atoms with Crippen molar-refractivity contribution in [2.75, 3.05) is 18.1 Å². The van der Waals surface area contributed by atoms with E-state index in [0.717, 1.165) is 5.56 Å². The highest BCUT2D eigenvalue weighted by atomic mass is 32.2. The Hall–Kier alpha value is -1.07. The lowest BCUT2D eigenvalue weighted by Gasteiger charge is -2.05. The van der Waals surface area contributed by atoms with E-state index in [4.69, 9.17) is 5.11 Å². The van der Waals surface area contributed by atoms with Crippen molar-refractivity contribution in [2.24, 2.45) is 0 Å². The van der Waals surface area contributed by atoms with Crippen molar-refractivity contribution in [1.29, 1.82) is 0 Å². The number of hydrogen-bond donors (Lipinski definition) is 3. The van der Waals surface area contributed by atoms with Gasteiger partial charge < -0.3 is 15.5 Å². The Balaban J connectivity index is 2.32. The van der Waals surface area contributed by atoms with Crippen LogP contribution in [-0.4, -0.2) is 32.5 Å². The molecule has 0 spiro atoms. The van der Waals surface area contributed by atoms with E-state index < -0.39 is 10.8 Å². The molecule has 1 unspecified atom stereocenters. The topological polar surface area (TPSA) is 69.6 Å². The smallest absolute Gasteiger partial charge is 0.157 e. The van der Waals surface area contributed by atoms with Crippen molar-refractivity contribution >= 4 is 10.8 Å². The molecule has 0 aliphatic rings. The Bertz CT molecular complexity index is 368. The average Bonchev–Trinajstić information content (AvgIpc) is 2.28. The quantitative estimate of drug-likeness (QED) is 0.514. The van der Waals surface area contributed by atoms with Gasteiger partial charge in [0, 0.05) is 35.4 Å². The largest absolute Gasteiger partial charge is 0.504 e. The fraction of sp³-hybridized carbons (Fsp3) is 0.455. The van der Waals surface area contributed by atoms with Gasteiger partial charge in [0.05, 0.1) is 0 Å². The molecule has 1 rings (SSSR count). The van der Waals surface area contributed by atoms with Crippen molar-refractivity contribution in [3.8, 4) is 11.5 Å². The minimum Gasteiger partial charge on any atom is -0.504 e. The van der Waals surface area contributed by atoms with Crippen molar-refractivity contribution in [3.05, 3.63) is 23.8 Å². The lowest BCUT2D eigenvalue weighted by Crippen LogP contribution is -2.20. The molecule has 4 nitrogen and oxygen atoms in total. The summed E-state index contributed by atoms with van der Waals surface area (Å²) in [4.78, 5) is 0. The van der Waals surface area contributed by atoms with E-state index in [9.17, 15) is 9.32 Å². The SMILES string of the molecule is CCS(=O)CCNCc1ccc(O)c(O)c1. The number of benzene rings is 1. The van der Waals surface area contributed by atoms with E-state index >= 15 is 0 Å². The van der Waals surface area contributed by atoms with Gasteiger partial charge in [0.2, 0.25) is 0 Å². The maximum Gasteiger partial charge on any atom is 0.157 e. The van der Waals surface area contributed by atoms with Gasteiger partial charge >= 0.3 is 0 Å². The molecule has 0 saturated carbocycles. The van der Waals surface area contributed by atoms with E-state index in [1.165, 1.54) is 12.1 Å². The number of phenolic OH excluding ortho intramolecular Hbond substituents is 2. The van der Waals surface area contributed by atoms with Gasteiger partial charge in [-0.3, -0.25) is 4.21 Å². The first-order valence-corrected chi connectivity index (χ1v) is 6.69. The molecule has 0 bridgehead atoms. The molecule has 0 aliphatic heterocycles. The fourth-order valence-corrected chi connectivity index (χ4v) is 1.90. The molecule has 0 aliphatic carbocycles. The molecular weight excluding hydrogens is 226 g/mol. The molecule has 1 aromatic rings. The van der Waals surface area contributed by atoms with Gasteiger partial charge in [-0.25, -0.2) is 0 Å². The number of aromatic hydroxyl groups is 2. The van der Waals surface area contributed by atoms with Crippen molar-refractivity contribution in [2.45, 2.75) is 13.5 Å². The van der Waals surface area contributed by atoms with Crippen LogP contribution in [0.4, 0.5) is 0 Å². The molecule has 5 heteroatoms. The molecule has 16 heavy (non-hydrogen) atoms. The van der Waals surface area contributed by atoms with Crippen LogP contribution >= 0.6 is 0 Å².